The summed E-state index contributed by atoms with van der Waals surface area (Å²) in [5.41, 5.74) is 0. The molecule has 0 spiro atoms. The molecule has 0 aromatic carbocycles. The molecule has 20 heavy (non-hydrogen) atoms. The Morgan fingerprint density at radius 3 is 2.55 bits per heavy atom. The van der Waals surface area contributed by atoms with E-state index in [9.17, 15) is 9.59 Å². The van der Waals surface area contributed by atoms with Gasteiger partial charge in [-0.25, -0.2) is 4.79 Å². The van der Waals surface area contributed by atoms with Gasteiger partial charge in [0.05, 0.1) is 5.92 Å². The molecule has 0 aromatic rings. The van der Waals surface area contributed by atoms with Gasteiger partial charge in [-0.05, 0) is 38.4 Å². The maximum Gasteiger partial charge on any atom is 0.315 e. The Hall–Kier alpha value is -0.910. The lowest BCUT2D eigenvalue weighted by Crippen LogP contribution is -2.46. The van der Waals surface area contributed by atoms with E-state index < -0.39 is 5.97 Å². The van der Waals surface area contributed by atoms with E-state index >= 15 is 0 Å². The number of nitrogens with one attached hydrogen (secondary N) is 2. The number of rotatable bonds is 5. The van der Waals surface area contributed by atoms with Crippen LogP contribution in [0.2, 0.25) is 0 Å². The molecular weight excluding hydrogens is 276 g/mol. The van der Waals surface area contributed by atoms with Gasteiger partial charge in [0.15, 0.2) is 0 Å². The molecule has 0 heterocycles. The van der Waals surface area contributed by atoms with Crippen molar-refractivity contribution in [3.8, 4) is 0 Å². The molecule has 0 aromatic heterocycles. The first-order chi connectivity index (χ1) is 9.54. The highest BCUT2D eigenvalue weighted by Gasteiger charge is 2.34. The first-order valence-corrected chi connectivity index (χ1v) is 8.59. The van der Waals surface area contributed by atoms with Crippen LogP contribution in [0.5, 0.6) is 0 Å². The minimum atomic E-state index is -0.748. The van der Waals surface area contributed by atoms with Gasteiger partial charge in [0.25, 0.3) is 0 Å². The Kier molecular flexibility index (Phi) is 5.18. The Morgan fingerprint density at radius 1 is 1.30 bits per heavy atom. The highest BCUT2D eigenvalue weighted by atomic mass is 32.2. The molecular formula is C14H24N2O3S. The van der Waals surface area contributed by atoms with Crippen molar-refractivity contribution in [2.45, 2.75) is 55.7 Å². The second-order valence-corrected chi connectivity index (χ2v) is 7.24. The maximum atomic E-state index is 11.9. The molecule has 2 aliphatic rings. The van der Waals surface area contributed by atoms with Crippen molar-refractivity contribution >= 4 is 23.8 Å². The van der Waals surface area contributed by atoms with Crippen molar-refractivity contribution in [1.82, 2.24) is 10.6 Å². The van der Waals surface area contributed by atoms with Crippen molar-refractivity contribution in [3.63, 3.8) is 0 Å². The molecule has 114 valence electrons. The number of hydrogen-bond acceptors (Lipinski definition) is 3. The average Bonchev–Trinajstić information content (AvgIpc) is 3.06. The van der Waals surface area contributed by atoms with Crippen LogP contribution in [0.3, 0.4) is 0 Å². The summed E-state index contributed by atoms with van der Waals surface area (Å²) in [4.78, 5) is 22.8. The summed E-state index contributed by atoms with van der Waals surface area (Å²) in [5.74, 6) is -1.05. The van der Waals surface area contributed by atoms with Gasteiger partial charge in [-0.15, -0.1) is 0 Å². The Labute approximate surface area is 124 Å². The molecule has 2 fully saturated rings. The van der Waals surface area contributed by atoms with Crippen molar-refractivity contribution in [3.05, 3.63) is 0 Å². The second kappa shape index (κ2) is 6.70. The van der Waals surface area contributed by atoms with E-state index in [-0.39, 0.29) is 22.7 Å². The zero-order chi connectivity index (χ0) is 14.6. The predicted octanol–water partition coefficient (Wildman–Crippen LogP) is 2.21. The quantitative estimate of drug-likeness (QED) is 0.727. The third-order valence-electron chi connectivity index (χ3n) is 4.64. The van der Waals surface area contributed by atoms with Crippen LogP contribution in [0.25, 0.3) is 0 Å². The predicted molar refractivity (Wildman–Crippen MR) is 80.0 cm³/mol. The lowest BCUT2D eigenvalue weighted by molar-refractivity contribution is -0.141. The minimum Gasteiger partial charge on any atom is -0.481 e. The molecule has 0 aliphatic heterocycles. The van der Waals surface area contributed by atoms with Crippen molar-refractivity contribution in [1.29, 1.82) is 0 Å². The summed E-state index contributed by atoms with van der Waals surface area (Å²) < 4.78 is 0.205. The summed E-state index contributed by atoms with van der Waals surface area (Å²) >= 11 is 1.85. The van der Waals surface area contributed by atoms with Gasteiger partial charge in [0.2, 0.25) is 0 Å². The molecule has 0 bridgehead atoms. The van der Waals surface area contributed by atoms with Crippen LogP contribution in [-0.4, -0.2) is 40.7 Å². The number of thioether (sulfide) groups is 1. The van der Waals surface area contributed by atoms with Crippen molar-refractivity contribution in [2.24, 2.45) is 5.92 Å². The fraction of sp³-hybridized carbons (Fsp3) is 0.857. The molecule has 0 unspecified atom stereocenters. The van der Waals surface area contributed by atoms with Crippen LogP contribution in [0.15, 0.2) is 0 Å². The molecule has 0 radical (unpaired) electrons. The number of urea groups is 1. The van der Waals surface area contributed by atoms with E-state index in [1.165, 1.54) is 25.7 Å². The molecule has 5 nitrogen and oxygen atoms in total. The molecule has 2 rings (SSSR count). The van der Waals surface area contributed by atoms with Crippen LogP contribution in [0.1, 0.15) is 44.9 Å². The first-order valence-electron chi connectivity index (χ1n) is 7.37. The third kappa shape index (κ3) is 3.81. The normalized spacial score (nSPS) is 28.2. The van der Waals surface area contributed by atoms with Crippen LogP contribution < -0.4 is 10.6 Å². The second-order valence-electron chi connectivity index (χ2n) is 5.97. The van der Waals surface area contributed by atoms with Gasteiger partial charge in [-0.2, -0.15) is 11.8 Å². The van der Waals surface area contributed by atoms with Gasteiger partial charge in [-0.1, -0.05) is 12.8 Å². The highest BCUT2D eigenvalue weighted by Crippen LogP contribution is 2.39. The number of carboxylic acids is 1. The first kappa shape index (κ1) is 15.5. The molecule has 2 saturated carbocycles. The van der Waals surface area contributed by atoms with E-state index in [1.807, 2.05) is 11.8 Å². The number of carbonyl (C=O) groups excluding carboxylic acids is 1. The standard InChI is InChI=1S/C14H24N2O3S/c1-20-14(6-2-3-7-14)9-15-13(19)16-11-5-4-10(8-11)12(17)18/h10-11H,2-9H2,1H3,(H,17,18)(H2,15,16,19)/t10-,11+/m1/s1. The molecule has 0 saturated heterocycles. The lowest BCUT2D eigenvalue weighted by Gasteiger charge is -2.27. The minimum absolute atomic E-state index is 0.00454. The van der Waals surface area contributed by atoms with E-state index in [0.717, 1.165) is 6.42 Å². The highest BCUT2D eigenvalue weighted by molar-refractivity contribution is 8.00. The van der Waals surface area contributed by atoms with Crippen LogP contribution in [-0.2, 0) is 4.79 Å². The largest absolute Gasteiger partial charge is 0.481 e. The van der Waals surface area contributed by atoms with Crippen LogP contribution in [0.4, 0.5) is 4.79 Å². The monoisotopic (exact) mass is 300 g/mol. The zero-order valence-corrected chi connectivity index (χ0v) is 12.8. The summed E-state index contributed by atoms with van der Waals surface area (Å²) in [7, 11) is 0. The molecule has 2 aliphatic carbocycles. The van der Waals surface area contributed by atoms with Gasteiger partial charge < -0.3 is 15.7 Å². The molecule has 2 amide bonds. The van der Waals surface area contributed by atoms with Crippen LogP contribution in [0, 0.1) is 5.92 Å². The number of carbonyl (C=O) groups is 2. The van der Waals surface area contributed by atoms with E-state index in [0.29, 0.717) is 19.4 Å². The van der Waals surface area contributed by atoms with Crippen LogP contribution >= 0.6 is 11.8 Å². The molecule has 2 atom stereocenters. The summed E-state index contributed by atoms with van der Waals surface area (Å²) in [6.45, 7) is 0.703. The zero-order valence-electron chi connectivity index (χ0n) is 12.0. The van der Waals surface area contributed by atoms with Gasteiger partial charge in [0, 0.05) is 17.3 Å². The van der Waals surface area contributed by atoms with Gasteiger partial charge in [0.1, 0.15) is 0 Å². The Bertz CT molecular complexity index is 369. The number of amides is 2. The molecule has 6 heteroatoms. The van der Waals surface area contributed by atoms with E-state index in [4.69, 9.17) is 5.11 Å². The fourth-order valence-corrected chi connectivity index (χ4v) is 4.20. The number of aliphatic carboxylic acids is 1. The Morgan fingerprint density at radius 2 is 2.00 bits per heavy atom. The summed E-state index contributed by atoms with van der Waals surface area (Å²) in [6.07, 6.45) is 8.90. The fourth-order valence-electron chi connectivity index (χ4n) is 3.29. The van der Waals surface area contributed by atoms with Gasteiger partial charge >= 0.3 is 12.0 Å². The van der Waals surface area contributed by atoms with Crippen molar-refractivity contribution in [2.75, 3.05) is 12.8 Å². The maximum absolute atomic E-state index is 11.9. The van der Waals surface area contributed by atoms with E-state index in [1.54, 1.807) is 0 Å². The third-order valence-corrected chi connectivity index (χ3v) is 6.05. The number of hydrogen-bond donors (Lipinski definition) is 3. The SMILES string of the molecule is CSC1(CNC(=O)N[C@H]2CC[C@@H](C(=O)O)C2)CCCC1. The molecule has 3 N–H and O–H groups in total. The lowest BCUT2D eigenvalue weighted by atomic mass is 10.1. The van der Waals surface area contributed by atoms with Crippen molar-refractivity contribution < 1.29 is 14.7 Å². The average molecular weight is 300 g/mol. The number of carboxylic acid groups (broad SMARTS) is 1. The summed E-state index contributed by atoms with van der Waals surface area (Å²) in [6, 6.07) is -0.147. The smallest absolute Gasteiger partial charge is 0.315 e. The summed E-state index contributed by atoms with van der Waals surface area (Å²) in [5, 5.41) is 14.8. The topological polar surface area (TPSA) is 78.4 Å². The van der Waals surface area contributed by atoms with Gasteiger partial charge in [-0.3, -0.25) is 4.79 Å². The Balaban J connectivity index is 1.72. The van der Waals surface area contributed by atoms with E-state index in [2.05, 4.69) is 16.9 Å².